The van der Waals surface area contributed by atoms with E-state index in [2.05, 4.69) is 198 Å². The number of carbonyl (C=O) groups is 4. The molecule has 0 heterocycles. The van der Waals surface area contributed by atoms with Crippen molar-refractivity contribution in [2.45, 2.75) is 239 Å². The lowest BCUT2D eigenvalue weighted by Crippen LogP contribution is -2.30. The van der Waals surface area contributed by atoms with Crippen LogP contribution in [-0.4, -0.2) is 96.7 Å². The molecule has 0 aliphatic rings. The Bertz CT molecular complexity index is 2800. The first-order chi connectivity index (χ1) is 49.7. The van der Waals surface area contributed by atoms with E-state index in [4.69, 9.17) is 37.0 Å². The smallest absolute Gasteiger partial charge is 0.462 e. The summed E-state index contributed by atoms with van der Waals surface area (Å²) < 4.78 is 68.1. The van der Waals surface area contributed by atoms with Crippen molar-refractivity contribution < 1.29 is 80.2 Å². The summed E-state index contributed by atoms with van der Waals surface area (Å²) >= 11 is 0. The summed E-state index contributed by atoms with van der Waals surface area (Å²) in [6, 6.07) is 0. The highest BCUT2D eigenvalue weighted by molar-refractivity contribution is 7.47. The van der Waals surface area contributed by atoms with Crippen LogP contribution in [0.2, 0.25) is 0 Å². The fourth-order valence-corrected chi connectivity index (χ4v) is 10.1. The van der Waals surface area contributed by atoms with Gasteiger partial charge in [-0.3, -0.25) is 37.3 Å². The normalized spacial score (nSPS) is 15.2. The van der Waals surface area contributed by atoms with Gasteiger partial charge in [0, 0.05) is 19.3 Å². The highest BCUT2D eigenvalue weighted by Crippen LogP contribution is 2.45. The summed E-state index contributed by atoms with van der Waals surface area (Å²) in [4.78, 5) is 72.7. The zero-order valence-corrected chi connectivity index (χ0v) is 63.7. The van der Waals surface area contributed by atoms with Gasteiger partial charge < -0.3 is 33.8 Å². The first kappa shape index (κ1) is 95.4. The molecule has 0 fully saturated rings. The van der Waals surface area contributed by atoms with Crippen LogP contribution in [-0.2, 0) is 65.4 Å². The van der Waals surface area contributed by atoms with Crippen LogP contribution < -0.4 is 0 Å². The van der Waals surface area contributed by atoms with Crippen molar-refractivity contribution in [3.05, 3.63) is 219 Å². The molecular formula is C83H126O17P2. The lowest BCUT2D eigenvalue weighted by molar-refractivity contribution is -0.161. The SMILES string of the molecule is CC/C=C\C/C=C\C/C=C\C/C=C\C/C=C\CCCC(=O)OCC(COP(=O)(O)OCC(O)COP(=O)(O)OCC(COC(=O)C/C=C\C/C=C\C/C=C\C/C=C\C/C=C\CC)OC(=O)CCCC/C=C\C/C=C\C/C=C\C/C=C\CC)OC(=O)CCCC/C=C\C/C=C\C/C=C\C/C=C\CC. The Morgan fingerprint density at radius 2 is 0.520 bits per heavy atom. The van der Waals surface area contributed by atoms with Crippen molar-refractivity contribution in [2.75, 3.05) is 39.6 Å². The number of ether oxygens (including phenoxy) is 4. The standard InChI is InChI=1S/C83H126O17P2/c1-5-9-13-17-21-25-29-33-37-38-42-44-48-52-56-60-64-68-81(86)94-74-79(100-83(88)70-66-62-58-54-50-46-41-36-32-28-24-20-16-12-8-4)76-98-102(91,92)96-72-77(84)71-95-101(89,90)97-75-78(99-82(87)69-65-61-57-53-49-45-40-35-31-27-23-19-15-11-7-3)73-93-80(85)67-63-59-55-51-47-43-39-34-30-26-22-18-14-10-6-2/h9-16,21-28,33-37,39-42,44,47,49-54,56,59,63,77-79,84H,5-8,17-20,29-32,38,43,45-46,48,55,57-58,60-62,64-76H2,1-4H3,(H,89,90)(H,91,92)/b13-9-,14-10-,15-11-,16-12-,25-21-,26-22-,27-23-,28-24-,37-33-,39-34-,40-35-,41-36-,44-42-,51-47-,53-49-,54-50-,56-52-,63-59-. The molecule has 0 radical (unpaired) electrons. The number of esters is 4. The molecule has 0 aliphatic carbocycles. The predicted molar refractivity (Wildman–Crippen MR) is 417 cm³/mol. The maximum Gasteiger partial charge on any atom is 0.472 e. The zero-order chi connectivity index (χ0) is 74.6. The second-order valence-electron chi connectivity index (χ2n) is 23.4. The highest BCUT2D eigenvalue weighted by atomic mass is 31.2. The molecule has 0 bridgehead atoms. The van der Waals surface area contributed by atoms with Crippen molar-refractivity contribution >= 4 is 39.5 Å². The summed E-state index contributed by atoms with van der Waals surface area (Å²) in [6.07, 6.45) is 91.3. The number of rotatable bonds is 66. The van der Waals surface area contributed by atoms with Gasteiger partial charge in [0.15, 0.2) is 12.2 Å². The molecule has 5 unspecified atom stereocenters. The van der Waals surface area contributed by atoms with Crippen molar-refractivity contribution in [3.63, 3.8) is 0 Å². The first-order valence-electron chi connectivity index (χ1n) is 37.0. The molecule has 0 spiro atoms. The number of allylic oxidation sites excluding steroid dienone is 35. The van der Waals surface area contributed by atoms with Gasteiger partial charge in [0.05, 0.1) is 32.8 Å². The van der Waals surface area contributed by atoms with E-state index in [1.54, 1.807) is 6.08 Å². The summed E-state index contributed by atoms with van der Waals surface area (Å²) in [7, 11) is -10.0. The highest BCUT2D eigenvalue weighted by Gasteiger charge is 2.30. The van der Waals surface area contributed by atoms with Crippen LogP contribution in [0, 0.1) is 0 Å². The number of hydrogen-bond acceptors (Lipinski definition) is 15. The van der Waals surface area contributed by atoms with Crippen molar-refractivity contribution in [1.29, 1.82) is 0 Å². The zero-order valence-electron chi connectivity index (χ0n) is 61.9. The van der Waals surface area contributed by atoms with Gasteiger partial charge in [0.25, 0.3) is 0 Å². The third-order valence-electron chi connectivity index (χ3n) is 14.0. The van der Waals surface area contributed by atoms with Crippen LogP contribution in [0.3, 0.4) is 0 Å². The summed E-state index contributed by atoms with van der Waals surface area (Å²) in [5.41, 5.74) is 0. The van der Waals surface area contributed by atoms with Crippen LogP contribution in [0.1, 0.15) is 220 Å². The maximum atomic E-state index is 13.1. The van der Waals surface area contributed by atoms with Crippen LogP contribution >= 0.6 is 15.6 Å². The number of carbonyl (C=O) groups excluding carboxylic acids is 4. The molecule has 0 aromatic rings. The molecule has 102 heavy (non-hydrogen) atoms. The molecule has 0 aromatic carbocycles. The van der Waals surface area contributed by atoms with Crippen LogP contribution in [0.5, 0.6) is 0 Å². The largest absolute Gasteiger partial charge is 0.472 e. The summed E-state index contributed by atoms with van der Waals surface area (Å²) in [5.74, 6) is -2.53. The number of unbranched alkanes of at least 4 members (excludes halogenated alkanes) is 5. The van der Waals surface area contributed by atoms with E-state index in [0.29, 0.717) is 44.9 Å². The number of aliphatic hydroxyl groups is 1. The second-order valence-corrected chi connectivity index (χ2v) is 26.3. The predicted octanol–water partition coefficient (Wildman–Crippen LogP) is 21.3. The maximum absolute atomic E-state index is 13.1. The Kier molecular flexibility index (Phi) is 68.0. The van der Waals surface area contributed by atoms with E-state index in [0.717, 1.165) is 122 Å². The summed E-state index contributed by atoms with van der Waals surface area (Å²) in [5, 5.41) is 10.6. The molecule has 0 rings (SSSR count). The summed E-state index contributed by atoms with van der Waals surface area (Å²) in [6.45, 7) is 4.06. The van der Waals surface area contributed by atoms with Crippen LogP contribution in [0.15, 0.2) is 219 Å². The molecule has 0 saturated heterocycles. The molecule has 0 amide bonds. The molecule has 5 atom stereocenters. The Hall–Kier alpha value is -6.62. The van der Waals surface area contributed by atoms with Gasteiger partial charge in [0.1, 0.15) is 19.3 Å². The molecule has 570 valence electrons. The van der Waals surface area contributed by atoms with Gasteiger partial charge in [-0.1, -0.05) is 246 Å². The van der Waals surface area contributed by atoms with E-state index in [9.17, 15) is 43.2 Å². The topological polar surface area (TPSA) is 237 Å². The van der Waals surface area contributed by atoms with E-state index in [1.807, 2.05) is 42.5 Å². The molecule has 17 nitrogen and oxygen atoms in total. The Morgan fingerprint density at radius 3 is 0.814 bits per heavy atom. The second kappa shape index (κ2) is 72.7. The van der Waals surface area contributed by atoms with E-state index < -0.39 is 97.5 Å². The molecule has 0 aromatic heterocycles. The van der Waals surface area contributed by atoms with E-state index >= 15 is 0 Å². The van der Waals surface area contributed by atoms with Gasteiger partial charge >= 0.3 is 39.5 Å². The Balaban J connectivity index is 5.58. The van der Waals surface area contributed by atoms with Crippen molar-refractivity contribution in [2.24, 2.45) is 0 Å². The van der Waals surface area contributed by atoms with Crippen LogP contribution in [0.4, 0.5) is 0 Å². The number of phosphoric acid groups is 2. The molecule has 3 N–H and O–H groups in total. The average molecular weight is 1460 g/mol. The molecular weight excluding hydrogens is 1330 g/mol. The molecule has 0 aliphatic heterocycles. The number of aliphatic hydroxyl groups excluding tert-OH is 1. The Morgan fingerprint density at radius 1 is 0.284 bits per heavy atom. The van der Waals surface area contributed by atoms with Crippen LogP contribution in [0.25, 0.3) is 0 Å². The van der Waals surface area contributed by atoms with Gasteiger partial charge in [0.2, 0.25) is 0 Å². The lowest BCUT2D eigenvalue weighted by Gasteiger charge is -2.21. The number of hydrogen-bond donors (Lipinski definition) is 3. The number of phosphoric ester groups is 2. The van der Waals surface area contributed by atoms with E-state index in [1.165, 1.54) is 0 Å². The first-order valence-corrected chi connectivity index (χ1v) is 40.0. The minimum Gasteiger partial charge on any atom is -0.462 e. The lowest BCUT2D eigenvalue weighted by atomic mass is 10.2. The van der Waals surface area contributed by atoms with Gasteiger partial charge in [-0.05, 0) is 167 Å². The monoisotopic (exact) mass is 1460 g/mol. The molecule has 0 saturated carbocycles. The fraction of sp³-hybridized carbons (Fsp3) is 0.518. The Labute approximate surface area is 613 Å². The quantitative estimate of drug-likeness (QED) is 0.0169. The minimum atomic E-state index is -5.02. The van der Waals surface area contributed by atoms with Crippen molar-refractivity contribution in [3.8, 4) is 0 Å². The van der Waals surface area contributed by atoms with Gasteiger partial charge in [-0.25, -0.2) is 9.13 Å². The van der Waals surface area contributed by atoms with E-state index in [-0.39, 0.29) is 25.7 Å². The average Bonchev–Trinajstić information content (AvgIpc) is 0.923. The van der Waals surface area contributed by atoms with Crippen molar-refractivity contribution in [1.82, 2.24) is 0 Å². The van der Waals surface area contributed by atoms with Gasteiger partial charge in [-0.15, -0.1) is 0 Å². The molecule has 19 heteroatoms. The third kappa shape index (κ3) is 71.8. The third-order valence-corrected chi connectivity index (χ3v) is 15.9. The van der Waals surface area contributed by atoms with Gasteiger partial charge in [-0.2, -0.15) is 0 Å². The fourth-order valence-electron chi connectivity index (χ4n) is 8.48. The minimum absolute atomic E-state index is 0.0108.